The minimum absolute atomic E-state index is 0.330. The summed E-state index contributed by atoms with van der Waals surface area (Å²) in [6.45, 7) is 7.60. The fourth-order valence-electron chi connectivity index (χ4n) is 2.41. The molecule has 15 heavy (non-hydrogen) atoms. The summed E-state index contributed by atoms with van der Waals surface area (Å²) >= 11 is 0. The van der Waals surface area contributed by atoms with Gasteiger partial charge in [0.15, 0.2) is 0 Å². The predicted octanol–water partition coefficient (Wildman–Crippen LogP) is 2.87. The van der Waals surface area contributed by atoms with E-state index >= 15 is 0 Å². The number of likely N-dealkylation sites (tertiary alicyclic amines) is 1. The standard InChI is InChI=1S/C13H25NO/c1-3-13-7-5-10-14(11-8-13)9-4-6-12(2)15/h13H,3-11H2,1-2H3. The van der Waals surface area contributed by atoms with Crippen molar-refractivity contribution >= 4 is 5.78 Å². The van der Waals surface area contributed by atoms with Crippen molar-refractivity contribution in [2.45, 2.75) is 52.4 Å². The van der Waals surface area contributed by atoms with E-state index in [0.717, 1.165) is 25.3 Å². The molecular weight excluding hydrogens is 186 g/mol. The van der Waals surface area contributed by atoms with E-state index in [1.807, 2.05) is 0 Å². The fraction of sp³-hybridized carbons (Fsp3) is 0.923. The molecule has 2 heteroatoms. The first kappa shape index (κ1) is 12.7. The van der Waals surface area contributed by atoms with Crippen LogP contribution in [0.15, 0.2) is 0 Å². The third kappa shape index (κ3) is 5.31. The van der Waals surface area contributed by atoms with E-state index in [2.05, 4.69) is 11.8 Å². The van der Waals surface area contributed by atoms with Crippen LogP contribution in [-0.2, 0) is 4.79 Å². The van der Waals surface area contributed by atoms with Crippen molar-refractivity contribution < 1.29 is 4.79 Å². The van der Waals surface area contributed by atoms with Crippen LogP contribution in [0.2, 0.25) is 0 Å². The van der Waals surface area contributed by atoms with E-state index < -0.39 is 0 Å². The Morgan fingerprint density at radius 3 is 2.80 bits per heavy atom. The minimum atomic E-state index is 0.330. The first-order valence-corrected chi connectivity index (χ1v) is 6.44. The number of hydrogen-bond acceptors (Lipinski definition) is 2. The third-order valence-corrected chi connectivity index (χ3v) is 3.52. The van der Waals surface area contributed by atoms with Gasteiger partial charge in [-0.3, -0.25) is 0 Å². The van der Waals surface area contributed by atoms with Gasteiger partial charge in [0.05, 0.1) is 0 Å². The highest BCUT2D eigenvalue weighted by Crippen LogP contribution is 2.20. The van der Waals surface area contributed by atoms with Crippen molar-refractivity contribution in [1.29, 1.82) is 0 Å². The van der Waals surface area contributed by atoms with Gasteiger partial charge in [-0.25, -0.2) is 0 Å². The summed E-state index contributed by atoms with van der Waals surface area (Å²) < 4.78 is 0. The Kier molecular flexibility index (Phi) is 5.92. The second-order valence-electron chi connectivity index (χ2n) is 4.85. The molecule has 1 unspecified atom stereocenters. The Labute approximate surface area is 94.0 Å². The number of carbonyl (C=O) groups excluding carboxylic acids is 1. The average molecular weight is 211 g/mol. The van der Waals surface area contributed by atoms with Crippen LogP contribution in [0, 0.1) is 5.92 Å². The first-order chi connectivity index (χ1) is 7.22. The zero-order valence-electron chi connectivity index (χ0n) is 10.3. The number of nitrogens with zero attached hydrogens (tertiary/aromatic N) is 1. The molecule has 0 saturated carbocycles. The molecule has 1 fully saturated rings. The van der Waals surface area contributed by atoms with Crippen LogP contribution in [0.4, 0.5) is 0 Å². The average Bonchev–Trinajstić information content (AvgIpc) is 2.42. The van der Waals surface area contributed by atoms with Crippen molar-refractivity contribution in [2.24, 2.45) is 5.92 Å². The largest absolute Gasteiger partial charge is 0.303 e. The lowest BCUT2D eigenvalue weighted by atomic mass is 9.98. The maximum Gasteiger partial charge on any atom is 0.129 e. The molecule has 1 saturated heterocycles. The molecule has 2 nitrogen and oxygen atoms in total. The molecule has 0 aliphatic carbocycles. The van der Waals surface area contributed by atoms with Crippen molar-refractivity contribution in [2.75, 3.05) is 19.6 Å². The van der Waals surface area contributed by atoms with Crippen molar-refractivity contribution in [3.63, 3.8) is 0 Å². The predicted molar refractivity (Wildman–Crippen MR) is 64.0 cm³/mol. The molecule has 0 radical (unpaired) electrons. The Hall–Kier alpha value is -0.370. The molecule has 1 atom stereocenters. The number of Topliss-reactive ketones (excluding diaryl/α,β-unsaturated/α-hetero) is 1. The highest BCUT2D eigenvalue weighted by molar-refractivity contribution is 5.75. The Morgan fingerprint density at radius 2 is 2.13 bits per heavy atom. The summed E-state index contributed by atoms with van der Waals surface area (Å²) in [4.78, 5) is 13.4. The molecule has 1 aliphatic heterocycles. The van der Waals surface area contributed by atoms with Crippen LogP contribution in [0.3, 0.4) is 0 Å². The molecule has 1 rings (SSSR count). The lowest BCUT2D eigenvalue weighted by Crippen LogP contribution is -2.26. The van der Waals surface area contributed by atoms with E-state index in [1.54, 1.807) is 6.92 Å². The fourth-order valence-corrected chi connectivity index (χ4v) is 2.41. The topological polar surface area (TPSA) is 20.3 Å². The second-order valence-corrected chi connectivity index (χ2v) is 4.85. The van der Waals surface area contributed by atoms with Crippen LogP contribution in [0.1, 0.15) is 52.4 Å². The van der Waals surface area contributed by atoms with Crippen LogP contribution < -0.4 is 0 Å². The summed E-state index contributed by atoms with van der Waals surface area (Å²) in [5.74, 6) is 1.28. The van der Waals surface area contributed by atoms with Gasteiger partial charge >= 0.3 is 0 Å². The van der Waals surface area contributed by atoms with E-state index in [0.29, 0.717) is 5.78 Å². The maximum atomic E-state index is 10.8. The van der Waals surface area contributed by atoms with E-state index in [9.17, 15) is 4.79 Å². The highest BCUT2D eigenvalue weighted by Gasteiger charge is 2.14. The van der Waals surface area contributed by atoms with E-state index in [1.165, 1.54) is 38.8 Å². The molecule has 1 heterocycles. The van der Waals surface area contributed by atoms with Gasteiger partial charge in [-0.1, -0.05) is 13.3 Å². The van der Waals surface area contributed by atoms with Crippen molar-refractivity contribution in [1.82, 2.24) is 4.90 Å². The lowest BCUT2D eigenvalue weighted by molar-refractivity contribution is -0.117. The van der Waals surface area contributed by atoms with Gasteiger partial charge < -0.3 is 9.69 Å². The molecule has 1 aliphatic rings. The van der Waals surface area contributed by atoms with Gasteiger partial charge in [0.1, 0.15) is 5.78 Å². The van der Waals surface area contributed by atoms with Crippen molar-refractivity contribution in [3.05, 3.63) is 0 Å². The van der Waals surface area contributed by atoms with E-state index in [-0.39, 0.29) is 0 Å². The molecule has 0 bridgehead atoms. The summed E-state index contributed by atoms with van der Waals surface area (Å²) in [6.07, 6.45) is 7.25. The van der Waals surface area contributed by atoms with Gasteiger partial charge in [0.2, 0.25) is 0 Å². The number of rotatable bonds is 5. The number of ketones is 1. The maximum absolute atomic E-state index is 10.8. The zero-order chi connectivity index (χ0) is 11.1. The summed E-state index contributed by atoms with van der Waals surface area (Å²) in [5, 5.41) is 0. The summed E-state index contributed by atoms with van der Waals surface area (Å²) in [6, 6.07) is 0. The molecule has 0 N–H and O–H groups in total. The minimum Gasteiger partial charge on any atom is -0.303 e. The third-order valence-electron chi connectivity index (χ3n) is 3.52. The van der Waals surface area contributed by atoms with Gasteiger partial charge in [-0.05, 0) is 58.2 Å². The van der Waals surface area contributed by atoms with Gasteiger partial charge in [0, 0.05) is 6.42 Å². The highest BCUT2D eigenvalue weighted by atomic mass is 16.1. The second kappa shape index (κ2) is 7.00. The summed E-state index contributed by atoms with van der Waals surface area (Å²) in [7, 11) is 0. The van der Waals surface area contributed by atoms with Crippen molar-refractivity contribution in [3.8, 4) is 0 Å². The summed E-state index contributed by atoms with van der Waals surface area (Å²) in [5.41, 5.74) is 0. The lowest BCUT2D eigenvalue weighted by Gasteiger charge is -2.19. The Balaban J connectivity index is 2.16. The quantitative estimate of drug-likeness (QED) is 0.697. The normalized spacial score (nSPS) is 23.7. The molecular formula is C13H25NO. The van der Waals surface area contributed by atoms with Crippen LogP contribution >= 0.6 is 0 Å². The van der Waals surface area contributed by atoms with Crippen LogP contribution in [0.25, 0.3) is 0 Å². The van der Waals surface area contributed by atoms with Gasteiger partial charge in [0.25, 0.3) is 0 Å². The molecule has 0 aromatic rings. The molecule has 0 amide bonds. The molecule has 0 aromatic heterocycles. The van der Waals surface area contributed by atoms with Crippen LogP contribution in [0.5, 0.6) is 0 Å². The Bertz CT molecular complexity index is 191. The van der Waals surface area contributed by atoms with Gasteiger partial charge in [-0.15, -0.1) is 0 Å². The Morgan fingerprint density at radius 1 is 1.33 bits per heavy atom. The van der Waals surface area contributed by atoms with Gasteiger partial charge in [-0.2, -0.15) is 0 Å². The molecule has 0 spiro atoms. The SMILES string of the molecule is CCC1CCCN(CCCC(C)=O)CC1. The monoisotopic (exact) mass is 211 g/mol. The smallest absolute Gasteiger partial charge is 0.129 e. The first-order valence-electron chi connectivity index (χ1n) is 6.44. The molecule has 0 aromatic carbocycles. The molecule has 88 valence electrons. The van der Waals surface area contributed by atoms with E-state index in [4.69, 9.17) is 0 Å². The number of carbonyl (C=O) groups is 1. The zero-order valence-corrected chi connectivity index (χ0v) is 10.3. The van der Waals surface area contributed by atoms with Crippen LogP contribution in [-0.4, -0.2) is 30.3 Å². The number of hydrogen-bond donors (Lipinski definition) is 0.